The molecule has 0 bridgehead atoms. The Bertz CT molecular complexity index is 808. The van der Waals surface area contributed by atoms with Crippen LogP contribution in [0.3, 0.4) is 0 Å². The lowest BCUT2D eigenvalue weighted by Gasteiger charge is -2.31. The predicted molar refractivity (Wildman–Crippen MR) is 197 cm³/mol. The van der Waals surface area contributed by atoms with Gasteiger partial charge in [0.25, 0.3) is 0 Å². The number of esters is 2. The molecule has 8 heteroatoms. The summed E-state index contributed by atoms with van der Waals surface area (Å²) in [5.74, 6) is -1.47. The van der Waals surface area contributed by atoms with Gasteiger partial charge in [-0.1, -0.05) is 129 Å². The number of aliphatic carboxylic acids is 1. The first-order valence-electron chi connectivity index (χ1n) is 19.7. The van der Waals surface area contributed by atoms with Crippen molar-refractivity contribution in [3.63, 3.8) is 0 Å². The molecule has 0 aromatic carbocycles. The Hall–Kier alpha value is -1.93. The number of ether oxygens (including phenoxy) is 3. The van der Waals surface area contributed by atoms with Crippen LogP contribution in [0.2, 0.25) is 0 Å². The molecule has 2 atom stereocenters. The Morgan fingerprint density at radius 2 is 1.04 bits per heavy atom. The minimum atomic E-state index is -0.875. The first-order chi connectivity index (χ1) is 23.1. The molecule has 0 aromatic rings. The van der Waals surface area contributed by atoms with E-state index >= 15 is 0 Å². The first kappa shape index (κ1) is 46.1. The van der Waals surface area contributed by atoms with Gasteiger partial charge in [-0.2, -0.15) is 0 Å². The molecule has 0 saturated heterocycles. The number of hydrogen-bond donors (Lipinski definition) is 1. The summed E-state index contributed by atoms with van der Waals surface area (Å²) in [6, 6.07) is -0.610. The summed E-state index contributed by atoms with van der Waals surface area (Å²) < 4.78 is 17.2. The summed E-state index contributed by atoms with van der Waals surface area (Å²) in [5, 5.41) is 9.57. The fourth-order valence-electron chi connectivity index (χ4n) is 5.79. The highest BCUT2D eigenvalue weighted by atomic mass is 16.6. The largest absolute Gasteiger partial charge is 0.477 e. The summed E-state index contributed by atoms with van der Waals surface area (Å²) in [4.78, 5) is 36.7. The number of likely N-dealkylation sites (N-methyl/N-ethyl adjacent to an activating group) is 1. The SMILES string of the molecule is CCCCCCCC/C=C\CCCCCCCC(=O)OC(COCCC(C(=O)O)[N+](C)(C)C)COC(=O)CCCCCCCCCCC. The van der Waals surface area contributed by atoms with E-state index in [4.69, 9.17) is 14.2 Å². The van der Waals surface area contributed by atoms with Crippen molar-refractivity contribution in [3.8, 4) is 0 Å². The van der Waals surface area contributed by atoms with Crippen LogP contribution in [0.25, 0.3) is 0 Å². The summed E-state index contributed by atoms with van der Waals surface area (Å²) >= 11 is 0. The molecule has 0 radical (unpaired) electrons. The number of carboxylic acids is 1. The Morgan fingerprint density at radius 3 is 1.50 bits per heavy atom. The van der Waals surface area contributed by atoms with Gasteiger partial charge in [-0.05, 0) is 38.5 Å². The number of nitrogens with zero attached hydrogens (tertiary/aromatic N) is 1. The van der Waals surface area contributed by atoms with E-state index in [0.29, 0.717) is 19.3 Å². The van der Waals surface area contributed by atoms with E-state index in [1.165, 1.54) is 89.9 Å². The van der Waals surface area contributed by atoms with Gasteiger partial charge in [-0.3, -0.25) is 9.59 Å². The number of carboxylic acid groups (broad SMARTS) is 1. The van der Waals surface area contributed by atoms with Crippen molar-refractivity contribution < 1.29 is 38.2 Å². The summed E-state index contributed by atoms with van der Waals surface area (Å²) in [5.41, 5.74) is 0. The van der Waals surface area contributed by atoms with Crippen LogP contribution in [-0.2, 0) is 28.6 Å². The molecule has 0 aliphatic heterocycles. The molecule has 2 unspecified atom stereocenters. The smallest absolute Gasteiger partial charge is 0.362 e. The minimum Gasteiger partial charge on any atom is -0.477 e. The minimum absolute atomic E-state index is 0.0495. The van der Waals surface area contributed by atoms with Crippen LogP contribution in [0.4, 0.5) is 0 Å². The van der Waals surface area contributed by atoms with E-state index in [9.17, 15) is 19.5 Å². The maximum absolute atomic E-state index is 12.6. The van der Waals surface area contributed by atoms with Crippen LogP contribution in [-0.4, -0.2) is 80.6 Å². The number of allylic oxidation sites excluding steroid dienone is 2. The lowest BCUT2D eigenvalue weighted by atomic mass is 10.1. The Balaban J connectivity index is 4.39. The van der Waals surface area contributed by atoms with Gasteiger partial charge in [0.15, 0.2) is 12.1 Å². The fourth-order valence-corrected chi connectivity index (χ4v) is 5.79. The summed E-state index contributed by atoms with van der Waals surface area (Å²) in [7, 11) is 5.52. The van der Waals surface area contributed by atoms with Gasteiger partial charge in [-0.15, -0.1) is 0 Å². The molecule has 0 aromatic heterocycles. The molecule has 0 amide bonds. The average molecular weight is 683 g/mol. The molecule has 0 rings (SSSR count). The standard InChI is InChI=1S/C40H75NO7/c1-6-8-10-12-14-16-17-18-19-20-21-23-25-27-29-31-39(43)48-36(34-46-33-32-37(40(44)45)41(3,4)5)35-47-38(42)30-28-26-24-22-15-13-11-9-7-2/h18-19,36-37H,6-17,20-35H2,1-5H3/p+1/b19-18-. The Labute approximate surface area is 295 Å². The normalized spacial score (nSPS) is 13.1. The van der Waals surface area contributed by atoms with E-state index in [0.717, 1.165) is 51.4 Å². The molecule has 0 aliphatic rings. The van der Waals surface area contributed by atoms with Gasteiger partial charge in [0, 0.05) is 19.3 Å². The molecule has 0 spiro atoms. The molecule has 282 valence electrons. The van der Waals surface area contributed by atoms with Crippen molar-refractivity contribution >= 4 is 17.9 Å². The van der Waals surface area contributed by atoms with E-state index < -0.39 is 18.1 Å². The summed E-state index contributed by atoms with van der Waals surface area (Å²) in [6.07, 6.45) is 31.1. The van der Waals surface area contributed by atoms with Crippen molar-refractivity contribution in [1.29, 1.82) is 0 Å². The molecule has 0 saturated carbocycles. The van der Waals surface area contributed by atoms with Gasteiger partial charge in [0.1, 0.15) is 6.61 Å². The lowest BCUT2D eigenvalue weighted by molar-refractivity contribution is -0.887. The predicted octanol–water partition coefficient (Wildman–Crippen LogP) is 9.97. The van der Waals surface area contributed by atoms with Gasteiger partial charge in [-0.25, -0.2) is 4.79 Å². The van der Waals surface area contributed by atoms with E-state index in [1.54, 1.807) is 0 Å². The Kier molecular flexibility index (Phi) is 31.0. The van der Waals surface area contributed by atoms with Gasteiger partial charge >= 0.3 is 17.9 Å². The van der Waals surface area contributed by atoms with Crippen LogP contribution in [0, 0.1) is 0 Å². The fraction of sp³-hybridized carbons (Fsp3) is 0.875. The second-order valence-electron chi connectivity index (χ2n) is 14.5. The maximum atomic E-state index is 12.6. The highest BCUT2D eigenvalue weighted by Crippen LogP contribution is 2.14. The number of carbonyl (C=O) groups is 3. The number of rotatable bonds is 35. The topological polar surface area (TPSA) is 99.1 Å². The molecule has 0 heterocycles. The van der Waals surface area contributed by atoms with Crippen molar-refractivity contribution in [2.45, 2.75) is 187 Å². The second kappa shape index (κ2) is 32.3. The van der Waals surface area contributed by atoms with Crippen molar-refractivity contribution in [2.75, 3.05) is 41.0 Å². The van der Waals surface area contributed by atoms with Crippen molar-refractivity contribution in [3.05, 3.63) is 12.2 Å². The third kappa shape index (κ3) is 30.2. The quantitative estimate of drug-likeness (QED) is 0.0307. The molecule has 0 aliphatic carbocycles. The lowest BCUT2D eigenvalue weighted by Crippen LogP contribution is -2.50. The zero-order valence-electron chi connectivity index (χ0n) is 32.0. The van der Waals surface area contributed by atoms with Crippen LogP contribution < -0.4 is 0 Å². The van der Waals surface area contributed by atoms with Gasteiger partial charge in [0.2, 0.25) is 0 Å². The number of hydrogen-bond acceptors (Lipinski definition) is 6. The number of carbonyl (C=O) groups excluding carboxylic acids is 2. The first-order valence-corrected chi connectivity index (χ1v) is 19.7. The molecule has 8 nitrogen and oxygen atoms in total. The third-order valence-electron chi connectivity index (χ3n) is 8.91. The monoisotopic (exact) mass is 683 g/mol. The number of unbranched alkanes of at least 4 members (excludes halogenated alkanes) is 19. The van der Waals surface area contributed by atoms with E-state index in [2.05, 4.69) is 26.0 Å². The molecule has 48 heavy (non-hydrogen) atoms. The van der Waals surface area contributed by atoms with Crippen LogP contribution in [0.5, 0.6) is 0 Å². The second-order valence-corrected chi connectivity index (χ2v) is 14.5. The third-order valence-corrected chi connectivity index (χ3v) is 8.91. The molecule has 0 fully saturated rings. The highest BCUT2D eigenvalue weighted by molar-refractivity contribution is 5.72. The van der Waals surface area contributed by atoms with Gasteiger partial charge < -0.3 is 23.8 Å². The zero-order valence-corrected chi connectivity index (χ0v) is 32.0. The maximum Gasteiger partial charge on any atom is 0.362 e. The Morgan fingerprint density at radius 1 is 0.604 bits per heavy atom. The van der Waals surface area contributed by atoms with Crippen molar-refractivity contribution in [2.24, 2.45) is 0 Å². The zero-order chi connectivity index (χ0) is 35.7. The average Bonchev–Trinajstić information content (AvgIpc) is 3.03. The van der Waals surface area contributed by atoms with Crippen LogP contribution in [0.1, 0.15) is 174 Å². The highest BCUT2D eigenvalue weighted by Gasteiger charge is 2.31. The molecular weight excluding hydrogens is 606 g/mol. The van der Waals surface area contributed by atoms with Gasteiger partial charge in [0.05, 0.1) is 34.4 Å². The summed E-state index contributed by atoms with van der Waals surface area (Å²) in [6.45, 7) is 4.70. The van der Waals surface area contributed by atoms with Crippen LogP contribution >= 0.6 is 0 Å². The molecular formula is C40H76NO7+. The van der Waals surface area contributed by atoms with E-state index in [-0.39, 0.29) is 36.2 Å². The molecule has 1 N–H and O–H groups in total. The number of quaternary nitrogens is 1. The van der Waals surface area contributed by atoms with Crippen molar-refractivity contribution in [1.82, 2.24) is 0 Å². The van der Waals surface area contributed by atoms with Crippen LogP contribution in [0.15, 0.2) is 12.2 Å². The van der Waals surface area contributed by atoms with E-state index in [1.807, 2.05) is 21.1 Å².